The summed E-state index contributed by atoms with van der Waals surface area (Å²) in [6.45, 7) is 1.90. The van der Waals surface area contributed by atoms with Gasteiger partial charge >= 0.3 is 0 Å². The van der Waals surface area contributed by atoms with Crippen molar-refractivity contribution in [3.05, 3.63) is 58.5 Å². The van der Waals surface area contributed by atoms with Crippen molar-refractivity contribution in [2.45, 2.75) is 13.0 Å². The molecule has 3 N–H and O–H groups in total. The Morgan fingerprint density at radius 3 is 2.44 bits per heavy atom. The van der Waals surface area contributed by atoms with E-state index in [1.807, 2.05) is 37.3 Å². The van der Waals surface area contributed by atoms with Crippen molar-refractivity contribution >= 4 is 11.6 Å². The average Bonchev–Trinajstić information content (AvgIpc) is 2.69. The predicted octanol–water partition coefficient (Wildman–Crippen LogP) is 2.79. The van der Waals surface area contributed by atoms with Gasteiger partial charge in [0.25, 0.3) is 0 Å². The fraction of sp³-hybridized carbons (Fsp3) is 0.167. The molecule has 0 fully saturated rings. The lowest BCUT2D eigenvalue weighted by molar-refractivity contribution is 0.526. The molecule has 2 rings (SSSR count). The zero-order valence-corrected chi connectivity index (χ0v) is 9.66. The summed E-state index contributed by atoms with van der Waals surface area (Å²) in [6.07, 6.45) is 1.70. The van der Waals surface area contributed by atoms with Crippen LogP contribution in [0.4, 0.5) is 0 Å². The van der Waals surface area contributed by atoms with Gasteiger partial charge in [-0.25, -0.2) is 5.43 Å². The van der Waals surface area contributed by atoms with Crippen LogP contribution in [0.25, 0.3) is 0 Å². The number of furan rings is 1. The number of hydrogen-bond acceptors (Lipinski definition) is 3. The van der Waals surface area contributed by atoms with Gasteiger partial charge in [0.15, 0.2) is 0 Å². The molecule has 2 aromatic rings. The summed E-state index contributed by atoms with van der Waals surface area (Å²) in [6, 6.07) is 9.45. The van der Waals surface area contributed by atoms with Crippen LogP contribution in [0.15, 0.2) is 41.0 Å². The molecule has 0 spiro atoms. The molecule has 3 nitrogen and oxygen atoms in total. The molecule has 1 unspecified atom stereocenters. The highest BCUT2D eigenvalue weighted by molar-refractivity contribution is 6.30. The van der Waals surface area contributed by atoms with Crippen LogP contribution < -0.4 is 11.3 Å². The second kappa shape index (κ2) is 4.70. The summed E-state index contributed by atoms with van der Waals surface area (Å²) in [4.78, 5) is 0. The van der Waals surface area contributed by atoms with Crippen LogP contribution in [0.5, 0.6) is 0 Å². The van der Waals surface area contributed by atoms with Gasteiger partial charge in [-0.15, -0.1) is 0 Å². The van der Waals surface area contributed by atoms with Crippen LogP contribution in [0.2, 0.25) is 5.02 Å². The third-order valence-corrected chi connectivity index (χ3v) is 2.71. The molecule has 4 heteroatoms. The van der Waals surface area contributed by atoms with Crippen molar-refractivity contribution in [2.75, 3.05) is 0 Å². The highest BCUT2D eigenvalue weighted by Gasteiger charge is 2.14. The molecule has 0 aliphatic carbocycles. The van der Waals surface area contributed by atoms with Gasteiger partial charge in [0.05, 0.1) is 12.3 Å². The van der Waals surface area contributed by atoms with Gasteiger partial charge in [0, 0.05) is 10.6 Å². The Balaban J connectivity index is 2.32. The Morgan fingerprint density at radius 2 is 1.94 bits per heavy atom. The Kier molecular flexibility index (Phi) is 3.29. The third-order valence-electron chi connectivity index (χ3n) is 2.45. The minimum atomic E-state index is -0.0743. The van der Waals surface area contributed by atoms with Gasteiger partial charge in [-0.1, -0.05) is 23.7 Å². The molecule has 1 heterocycles. The van der Waals surface area contributed by atoms with Crippen LogP contribution in [0, 0.1) is 6.92 Å². The molecule has 0 aliphatic heterocycles. The van der Waals surface area contributed by atoms with Gasteiger partial charge in [-0.2, -0.15) is 0 Å². The van der Waals surface area contributed by atoms with Crippen LogP contribution in [-0.2, 0) is 0 Å². The van der Waals surface area contributed by atoms with Crippen LogP contribution in [0.3, 0.4) is 0 Å². The zero-order chi connectivity index (χ0) is 11.5. The smallest absolute Gasteiger partial charge is 0.101 e. The van der Waals surface area contributed by atoms with E-state index in [0.29, 0.717) is 5.02 Å². The standard InChI is InChI=1S/C12H13ClN2O/c1-8-6-10(7-16-8)12(15-14)9-2-4-11(13)5-3-9/h2-7,12,15H,14H2,1H3. The monoisotopic (exact) mass is 236 g/mol. The summed E-state index contributed by atoms with van der Waals surface area (Å²) in [7, 11) is 0. The molecule has 1 aromatic carbocycles. The normalized spacial score (nSPS) is 12.7. The van der Waals surface area contributed by atoms with Crippen molar-refractivity contribution in [2.24, 2.45) is 5.84 Å². The summed E-state index contributed by atoms with van der Waals surface area (Å²) < 4.78 is 5.27. The third kappa shape index (κ3) is 2.27. The van der Waals surface area contributed by atoms with Gasteiger partial charge < -0.3 is 4.42 Å². The van der Waals surface area contributed by atoms with E-state index in [1.165, 1.54) is 0 Å². The van der Waals surface area contributed by atoms with Gasteiger partial charge in [-0.3, -0.25) is 5.84 Å². The van der Waals surface area contributed by atoms with Crippen LogP contribution in [-0.4, -0.2) is 0 Å². The number of aryl methyl sites for hydroxylation is 1. The first-order chi connectivity index (χ1) is 7.70. The lowest BCUT2D eigenvalue weighted by Gasteiger charge is -2.14. The average molecular weight is 237 g/mol. The minimum Gasteiger partial charge on any atom is -0.469 e. The summed E-state index contributed by atoms with van der Waals surface area (Å²) >= 11 is 5.84. The largest absolute Gasteiger partial charge is 0.469 e. The second-order valence-electron chi connectivity index (χ2n) is 3.64. The minimum absolute atomic E-state index is 0.0743. The Labute approximate surface area is 99.2 Å². The molecule has 1 aromatic heterocycles. The van der Waals surface area contributed by atoms with Gasteiger partial charge in [-0.05, 0) is 30.7 Å². The maximum Gasteiger partial charge on any atom is 0.101 e. The predicted molar refractivity (Wildman–Crippen MR) is 64.1 cm³/mol. The van der Waals surface area contributed by atoms with Crippen molar-refractivity contribution < 1.29 is 4.42 Å². The molecular formula is C12H13ClN2O. The Bertz CT molecular complexity index is 464. The van der Waals surface area contributed by atoms with Crippen molar-refractivity contribution in [1.82, 2.24) is 5.43 Å². The molecule has 0 aliphatic rings. The first-order valence-corrected chi connectivity index (χ1v) is 5.35. The number of nitrogens with one attached hydrogen (secondary N) is 1. The number of benzene rings is 1. The number of hydrogen-bond donors (Lipinski definition) is 2. The summed E-state index contributed by atoms with van der Waals surface area (Å²) in [5.41, 5.74) is 4.82. The van der Waals surface area contributed by atoms with E-state index in [4.69, 9.17) is 21.9 Å². The lowest BCUT2D eigenvalue weighted by atomic mass is 10.0. The first-order valence-electron chi connectivity index (χ1n) is 4.97. The molecular weight excluding hydrogens is 224 g/mol. The van der Waals surface area contributed by atoms with Crippen LogP contribution in [0.1, 0.15) is 22.9 Å². The quantitative estimate of drug-likeness (QED) is 0.637. The number of halogens is 1. The topological polar surface area (TPSA) is 51.2 Å². The van der Waals surface area contributed by atoms with E-state index in [-0.39, 0.29) is 6.04 Å². The fourth-order valence-electron chi connectivity index (χ4n) is 1.66. The second-order valence-corrected chi connectivity index (χ2v) is 4.08. The lowest BCUT2D eigenvalue weighted by Crippen LogP contribution is -2.28. The number of nitrogens with two attached hydrogens (primary N) is 1. The number of hydrazine groups is 1. The summed E-state index contributed by atoms with van der Waals surface area (Å²) in [5.74, 6) is 6.42. The molecule has 0 amide bonds. The fourth-order valence-corrected chi connectivity index (χ4v) is 1.78. The molecule has 0 saturated carbocycles. The first kappa shape index (κ1) is 11.2. The molecule has 0 saturated heterocycles. The maximum absolute atomic E-state index is 5.84. The summed E-state index contributed by atoms with van der Waals surface area (Å²) in [5, 5.41) is 0.711. The SMILES string of the molecule is Cc1cc(C(NN)c2ccc(Cl)cc2)co1. The Morgan fingerprint density at radius 1 is 1.25 bits per heavy atom. The highest BCUT2D eigenvalue weighted by Crippen LogP contribution is 2.24. The van der Waals surface area contributed by atoms with Crippen LogP contribution >= 0.6 is 11.6 Å². The molecule has 84 valence electrons. The van der Waals surface area contributed by atoms with Gasteiger partial charge in [0.1, 0.15) is 5.76 Å². The number of rotatable bonds is 3. The van der Waals surface area contributed by atoms with Gasteiger partial charge in [0.2, 0.25) is 0 Å². The van der Waals surface area contributed by atoms with Crippen molar-refractivity contribution in [1.29, 1.82) is 0 Å². The molecule has 0 radical (unpaired) electrons. The highest BCUT2D eigenvalue weighted by atomic mass is 35.5. The van der Waals surface area contributed by atoms with E-state index < -0.39 is 0 Å². The van der Waals surface area contributed by atoms with E-state index in [9.17, 15) is 0 Å². The van der Waals surface area contributed by atoms with Crippen molar-refractivity contribution in [3.63, 3.8) is 0 Å². The zero-order valence-electron chi connectivity index (χ0n) is 8.91. The van der Waals surface area contributed by atoms with Crippen molar-refractivity contribution in [3.8, 4) is 0 Å². The molecule has 1 atom stereocenters. The molecule has 0 bridgehead atoms. The Hall–Kier alpha value is -1.29. The van der Waals surface area contributed by atoms with E-state index in [0.717, 1.165) is 16.9 Å². The van der Waals surface area contributed by atoms with E-state index in [1.54, 1.807) is 6.26 Å². The van der Waals surface area contributed by atoms with E-state index >= 15 is 0 Å². The maximum atomic E-state index is 5.84. The van der Waals surface area contributed by atoms with E-state index in [2.05, 4.69) is 5.43 Å². The molecule has 16 heavy (non-hydrogen) atoms.